The van der Waals surface area contributed by atoms with Gasteiger partial charge in [-0.05, 0) is 68.3 Å². The number of hydrogen-bond acceptors (Lipinski definition) is 5. The van der Waals surface area contributed by atoms with Gasteiger partial charge in [-0.2, -0.15) is 0 Å². The molecular weight excluding hydrogens is 442 g/mol. The molecular formula is C28H31N3O4. The maximum atomic E-state index is 13.0. The van der Waals surface area contributed by atoms with E-state index in [-0.39, 0.29) is 11.9 Å². The first-order valence-corrected chi connectivity index (χ1v) is 11.7. The van der Waals surface area contributed by atoms with Crippen LogP contribution in [0.5, 0.6) is 17.2 Å². The number of aryl methyl sites for hydroxylation is 2. The van der Waals surface area contributed by atoms with E-state index in [1.165, 1.54) is 5.56 Å². The van der Waals surface area contributed by atoms with Crippen LogP contribution in [0.4, 0.5) is 0 Å². The smallest absolute Gasteiger partial charge is 0.251 e. The Balaban J connectivity index is 1.49. The summed E-state index contributed by atoms with van der Waals surface area (Å²) in [5, 5.41) is 3.08. The third kappa shape index (κ3) is 5.57. The third-order valence-corrected chi connectivity index (χ3v) is 5.85. The lowest BCUT2D eigenvalue weighted by Crippen LogP contribution is -2.29. The Morgan fingerprint density at radius 3 is 2.57 bits per heavy atom. The van der Waals surface area contributed by atoms with Crippen LogP contribution >= 0.6 is 0 Å². The average Bonchev–Trinajstić information content (AvgIpc) is 3.25. The van der Waals surface area contributed by atoms with Crippen molar-refractivity contribution in [2.24, 2.45) is 0 Å². The number of fused-ring (bicyclic) bond motifs is 1. The van der Waals surface area contributed by atoms with E-state index in [0.717, 1.165) is 35.6 Å². The molecule has 35 heavy (non-hydrogen) atoms. The average molecular weight is 474 g/mol. The van der Waals surface area contributed by atoms with E-state index in [0.29, 0.717) is 23.7 Å². The molecule has 1 heterocycles. The fraction of sp³-hybridized carbons (Fsp3) is 0.286. The molecule has 1 unspecified atom stereocenters. The molecule has 4 aromatic rings. The van der Waals surface area contributed by atoms with E-state index < -0.39 is 0 Å². The summed E-state index contributed by atoms with van der Waals surface area (Å²) < 4.78 is 18.7. The second-order valence-corrected chi connectivity index (χ2v) is 8.39. The van der Waals surface area contributed by atoms with Gasteiger partial charge in [0.15, 0.2) is 11.5 Å². The van der Waals surface area contributed by atoms with E-state index in [1.54, 1.807) is 32.4 Å². The lowest BCUT2D eigenvalue weighted by atomic mass is 10.1. The molecule has 0 aliphatic rings. The van der Waals surface area contributed by atoms with Crippen molar-refractivity contribution >= 4 is 16.9 Å². The Morgan fingerprint density at radius 1 is 1.00 bits per heavy atom. The molecule has 7 heteroatoms. The Labute approximate surface area is 205 Å². The first-order valence-electron chi connectivity index (χ1n) is 11.7. The number of amides is 1. The second kappa shape index (κ2) is 11.0. The van der Waals surface area contributed by atoms with Crippen molar-refractivity contribution in [2.45, 2.75) is 32.9 Å². The Kier molecular flexibility index (Phi) is 7.55. The summed E-state index contributed by atoms with van der Waals surface area (Å²) in [7, 11) is 3.11. The van der Waals surface area contributed by atoms with E-state index in [9.17, 15) is 4.79 Å². The highest BCUT2D eigenvalue weighted by Gasteiger charge is 2.20. The number of ether oxygens (including phenoxy) is 3. The summed E-state index contributed by atoms with van der Waals surface area (Å²) in [6.45, 7) is 5.30. The van der Waals surface area contributed by atoms with Crippen LogP contribution in [0.25, 0.3) is 11.0 Å². The van der Waals surface area contributed by atoms with E-state index in [2.05, 4.69) is 28.9 Å². The number of para-hydroxylation sites is 2. The number of carbonyl (C=O) groups excluding carboxylic acids is 1. The predicted octanol–water partition coefficient (Wildman–Crippen LogP) is 5.32. The topological polar surface area (TPSA) is 74.6 Å². The highest BCUT2D eigenvalue weighted by atomic mass is 16.5. The molecule has 1 atom stereocenters. The van der Waals surface area contributed by atoms with Crippen LogP contribution in [0.1, 0.15) is 41.1 Å². The van der Waals surface area contributed by atoms with Crippen LogP contribution in [0.3, 0.4) is 0 Å². The van der Waals surface area contributed by atoms with Crippen LogP contribution < -0.4 is 19.5 Å². The van der Waals surface area contributed by atoms with Crippen LogP contribution in [0.15, 0.2) is 66.7 Å². The minimum absolute atomic E-state index is 0.208. The molecule has 0 fully saturated rings. The molecule has 0 aliphatic carbocycles. The molecule has 1 amide bonds. The number of nitrogens with one attached hydrogen (secondary N) is 1. The monoisotopic (exact) mass is 473 g/mol. The molecule has 0 aliphatic heterocycles. The van der Waals surface area contributed by atoms with Gasteiger partial charge in [-0.15, -0.1) is 0 Å². The molecule has 3 aromatic carbocycles. The van der Waals surface area contributed by atoms with Crippen molar-refractivity contribution < 1.29 is 19.0 Å². The summed E-state index contributed by atoms with van der Waals surface area (Å²) in [6, 6.07) is 20.9. The quantitative estimate of drug-likeness (QED) is 0.316. The first kappa shape index (κ1) is 24.1. The maximum absolute atomic E-state index is 13.0. The number of benzene rings is 3. The van der Waals surface area contributed by atoms with Crippen LogP contribution in [-0.2, 0) is 6.54 Å². The molecule has 1 N–H and O–H groups in total. The van der Waals surface area contributed by atoms with Gasteiger partial charge in [-0.3, -0.25) is 4.79 Å². The number of carbonyl (C=O) groups is 1. The summed E-state index contributed by atoms with van der Waals surface area (Å²) in [6.07, 6.45) is 0.803. The number of nitrogens with zero attached hydrogens (tertiary/aromatic N) is 2. The van der Waals surface area contributed by atoms with Crippen LogP contribution in [0.2, 0.25) is 0 Å². The fourth-order valence-electron chi connectivity index (χ4n) is 4.10. The molecule has 7 nitrogen and oxygen atoms in total. The lowest BCUT2D eigenvalue weighted by molar-refractivity contribution is 0.0937. The van der Waals surface area contributed by atoms with Crippen molar-refractivity contribution in [1.29, 1.82) is 0 Å². The van der Waals surface area contributed by atoms with Crippen LogP contribution in [0, 0.1) is 6.92 Å². The molecule has 0 spiro atoms. The zero-order chi connectivity index (χ0) is 24.8. The van der Waals surface area contributed by atoms with Gasteiger partial charge in [0.25, 0.3) is 5.91 Å². The van der Waals surface area contributed by atoms with E-state index in [4.69, 9.17) is 19.2 Å². The van der Waals surface area contributed by atoms with Gasteiger partial charge in [0.1, 0.15) is 11.6 Å². The highest BCUT2D eigenvalue weighted by molar-refractivity contribution is 5.95. The fourth-order valence-corrected chi connectivity index (χ4v) is 4.10. The minimum atomic E-state index is -0.305. The summed E-state index contributed by atoms with van der Waals surface area (Å²) in [5.41, 5.74) is 3.59. The van der Waals surface area contributed by atoms with Crippen LogP contribution in [-0.4, -0.2) is 36.3 Å². The SMILES string of the molecule is COc1ccc(C(=O)NC(C)c2nc3ccccc3n2CCCOc2cccc(C)c2)cc1OC. The molecule has 0 radical (unpaired) electrons. The van der Waals surface area contributed by atoms with Crippen molar-refractivity contribution in [2.75, 3.05) is 20.8 Å². The third-order valence-electron chi connectivity index (χ3n) is 5.85. The number of rotatable bonds is 10. The molecule has 0 bridgehead atoms. The van der Waals surface area contributed by atoms with Gasteiger partial charge < -0.3 is 24.1 Å². The second-order valence-electron chi connectivity index (χ2n) is 8.39. The molecule has 182 valence electrons. The predicted molar refractivity (Wildman–Crippen MR) is 136 cm³/mol. The maximum Gasteiger partial charge on any atom is 0.251 e. The number of imidazole rings is 1. The molecule has 1 aromatic heterocycles. The van der Waals surface area contributed by atoms with Crippen molar-refractivity contribution in [3.8, 4) is 17.2 Å². The minimum Gasteiger partial charge on any atom is -0.494 e. The van der Waals surface area contributed by atoms with Gasteiger partial charge in [0.2, 0.25) is 0 Å². The van der Waals surface area contributed by atoms with E-state index in [1.807, 2.05) is 43.3 Å². The summed E-state index contributed by atoms with van der Waals surface area (Å²) in [5.74, 6) is 2.55. The lowest BCUT2D eigenvalue weighted by Gasteiger charge is -2.17. The Morgan fingerprint density at radius 2 is 1.80 bits per heavy atom. The van der Waals surface area contributed by atoms with Gasteiger partial charge in [-0.25, -0.2) is 4.98 Å². The molecule has 0 saturated carbocycles. The first-order chi connectivity index (χ1) is 17.0. The number of methoxy groups -OCH3 is 2. The van der Waals surface area contributed by atoms with Gasteiger partial charge in [0.05, 0.1) is 37.9 Å². The Bertz CT molecular complexity index is 1310. The summed E-state index contributed by atoms with van der Waals surface area (Å²) in [4.78, 5) is 17.8. The standard InChI is InChI=1S/C28H31N3O4/c1-19-9-7-10-22(17-19)35-16-8-15-31-24-12-6-5-11-23(24)30-27(31)20(2)29-28(32)21-13-14-25(33-3)26(18-21)34-4/h5-7,9-14,17-18,20H,8,15-16H2,1-4H3,(H,29,32). The summed E-state index contributed by atoms with van der Waals surface area (Å²) >= 11 is 0. The van der Waals surface area contributed by atoms with Gasteiger partial charge in [0, 0.05) is 12.1 Å². The number of aromatic nitrogens is 2. The zero-order valence-corrected chi connectivity index (χ0v) is 20.6. The largest absolute Gasteiger partial charge is 0.494 e. The molecule has 4 rings (SSSR count). The van der Waals surface area contributed by atoms with Gasteiger partial charge >= 0.3 is 0 Å². The normalized spacial score (nSPS) is 11.8. The Hall–Kier alpha value is -4.00. The highest BCUT2D eigenvalue weighted by Crippen LogP contribution is 2.28. The molecule has 0 saturated heterocycles. The van der Waals surface area contributed by atoms with Crippen molar-refractivity contribution in [1.82, 2.24) is 14.9 Å². The van der Waals surface area contributed by atoms with Crippen molar-refractivity contribution in [3.63, 3.8) is 0 Å². The van der Waals surface area contributed by atoms with Crippen molar-refractivity contribution in [3.05, 3.63) is 83.7 Å². The zero-order valence-electron chi connectivity index (χ0n) is 20.6. The van der Waals surface area contributed by atoms with Gasteiger partial charge in [-0.1, -0.05) is 24.3 Å². The number of hydrogen-bond donors (Lipinski definition) is 1. The van der Waals surface area contributed by atoms with E-state index >= 15 is 0 Å².